The number of allylic oxidation sites excluding steroid dienone is 1. The monoisotopic (exact) mass is 625 g/mol. The first-order valence-electron chi connectivity index (χ1n) is 15.1. The topological polar surface area (TPSA) is 209 Å². The van der Waals surface area contributed by atoms with E-state index in [9.17, 15) is 34.5 Å². The summed E-state index contributed by atoms with van der Waals surface area (Å²) in [5.74, 6) is -2.95. The van der Waals surface area contributed by atoms with Gasteiger partial charge in [-0.2, -0.15) is 4.80 Å². The van der Waals surface area contributed by atoms with Crippen LogP contribution in [0.4, 0.5) is 4.79 Å². The van der Waals surface area contributed by atoms with E-state index in [1.54, 1.807) is 20.8 Å². The highest BCUT2D eigenvalue weighted by Gasteiger charge is 2.61. The lowest BCUT2D eigenvalue weighted by Crippen LogP contribution is -2.56. The molecule has 0 spiro atoms. The molecule has 1 saturated heterocycles. The van der Waals surface area contributed by atoms with Gasteiger partial charge < -0.3 is 35.6 Å². The number of alkyl carbamates (subject to hydrolysis) is 1. The fourth-order valence-electron chi connectivity index (χ4n) is 5.91. The summed E-state index contributed by atoms with van der Waals surface area (Å²) in [6.07, 6.45) is 6.54. The smallest absolute Gasteiger partial charge is 0.408 e. The third kappa shape index (κ3) is 7.18. The number of phenolic OH excluding ortho intramolecular Hbond substituents is 2. The molecule has 1 aliphatic carbocycles. The molecule has 5 atom stereocenters. The number of amides is 3. The van der Waals surface area contributed by atoms with Crippen LogP contribution in [0.2, 0.25) is 0 Å². The fourth-order valence-corrected chi connectivity index (χ4v) is 5.91. The van der Waals surface area contributed by atoms with E-state index in [0.29, 0.717) is 18.4 Å². The second-order valence-electron chi connectivity index (χ2n) is 12.9. The van der Waals surface area contributed by atoms with E-state index in [-0.39, 0.29) is 42.6 Å². The van der Waals surface area contributed by atoms with Crippen molar-refractivity contribution in [1.29, 1.82) is 0 Å². The molecule has 2 aromatic rings. The maximum atomic E-state index is 14.1. The molecule has 3 heterocycles. The van der Waals surface area contributed by atoms with Crippen LogP contribution >= 0.6 is 0 Å². The van der Waals surface area contributed by atoms with E-state index in [0.717, 1.165) is 25.3 Å². The van der Waals surface area contributed by atoms with Gasteiger partial charge in [0.25, 0.3) is 0 Å². The van der Waals surface area contributed by atoms with Gasteiger partial charge in [0.15, 0.2) is 0 Å². The van der Waals surface area contributed by atoms with Crippen molar-refractivity contribution >= 4 is 23.9 Å². The highest BCUT2D eigenvalue weighted by atomic mass is 16.6. The first-order valence-corrected chi connectivity index (χ1v) is 15.1. The summed E-state index contributed by atoms with van der Waals surface area (Å²) >= 11 is 0. The predicted molar refractivity (Wildman–Crippen MR) is 158 cm³/mol. The molecule has 3 aliphatic rings. The maximum absolute atomic E-state index is 14.1. The Labute approximate surface area is 259 Å². The number of ether oxygens (including phenoxy) is 1. The Bertz CT molecular complexity index is 1480. The SMILES string of the molecule is CC(C)(C)OC(=O)NC1CCCCC/C=C\C2CC2(C(=O)O)NC(=O)C2C[C@@H](n3nnc(-c4cc(O)cc(O)c4)n3)CN2C1=O. The van der Waals surface area contributed by atoms with Gasteiger partial charge in [-0.3, -0.25) is 9.59 Å². The lowest BCUT2D eigenvalue weighted by Gasteiger charge is -2.30. The number of phenols is 2. The third-order valence-electron chi connectivity index (χ3n) is 8.24. The summed E-state index contributed by atoms with van der Waals surface area (Å²) in [6, 6.07) is 1.16. The van der Waals surface area contributed by atoms with Gasteiger partial charge in [0.05, 0.1) is 6.04 Å². The average Bonchev–Trinajstić information content (AvgIpc) is 3.26. The number of tetrazole rings is 1. The van der Waals surface area contributed by atoms with Crippen molar-refractivity contribution in [3.8, 4) is 22.9 Å². The number of nitrogens with one attached hydrogen (secondary N) is 2. The van der Waals surface area contributed by atoms with Crippen molar-refractivity contribution in [2.45, 2.75) is 95.0 Å². The number of rotatable bonds is 4. The molecule has 3 amide bonds. The summed E-state index contributed by atoms with van der Waals surface area (Å²) < 4.78 is 5.42. The minimum Gasteiger partial charge on any atom is -0.508 e. The maximum Gasteiger partial charge on any atom is 0.408 e. The Hall–Kier alpha value is -4.69. The molecule has 5 rings (SSSR count). The van der Waals surface area contributed by atoms with Crippen LogP contribution in [-0.2, 0) is 19.1 Å². The summed E-state index contributed by atoms with van der Waals surface area (Å²) in [5.41, 5.74) is -1.96. The number of nitrogens with zero attached hydrogens (tertiary/aromatic N) is 5. The molecule has 4 unspecified atom stereocenters. The number of aliphatic carboxylic acids is 1. The summed E-state index contributed by atoms with van der Waals surface area (Å²) in [5, 5.41) is 47.7. The Morgan fingerprint density at radius 2 is 1.84 bits per heavy atom. The van der Waals surface area contributed by atoms with Crippen LogP contribution in [-0.4, -0.2) is 94.1 Å². The zero-order valence-corrected chi connectivity index (χ0v) is 25.5. The number of carbonyl (C=O) groups excluding carboxylic acids is 3. The van der Waals surface area contributed by atoms with Gasteiger partial charge in [-0.15, -0.1) is 10.2 Å². The van der Waals surface area contributed by atoms with Gasteiger partial charge in [-0.1, -0.05) is 25.0 Å². The first-order chi connectivity index (χ1) is 21.3. The molecule has 0 radical (unpaired) electrons. The summed E-state index contributed by atoms with van der Waals surface area (Å²) in [7, 11) is 0. The minimum absolute atomic E-state index is 0.0199. The molecule has 5 N–H and O–H groups in total. The van der Waals surface area contributed by atoms with Crippen molar-refractivity contribution in [3.63, 3.8) is 0 Å². The minimum atomic E-state index is -1.47. The van der Waals surface area contributed by atoms with Gasteiger partial charge in [-0.05, 0) is 63.8 Å². The quantitative estimate of drug-likeness (QED) is 0.311. The summed E-state index contributed by atoms with van der Waals surface area (Å²) in [6.45, 7) is 5.12. The number of fused-ring (bicyclic) bond motifs is 2. The van der Waals surface area contributed by atoms with Crippen LogP contribution in [0.3, 0.4) is 0 Å². The molecule has 1 saturated carbocycles. The Balaban J connectivity index is 1.45. The van der Waals surface area contributed by atoms with Crippen LogP contribution in [0.15, 0.2) is 30.4 Å². The highest BCUT2D eigenvalue weighted by molar-refractivity contribution is 5.96. The van der Waals surface area contributed by atoms with E-state index in [1.165, 1.54) is 21.8 Å². The summed E-state index contributed by atoms with van der Waals surface area (Å²) in [4.78, 5) is 55.6. The van der Waals surface area contributed by atoms with Crippen molar-refractivity contribution in [3.05, 3.63) is 30.4 Å². The van der Waals surface area contributed by atoms with Gasteiger partial charge in [0, 0.05) is 30.5 Å². The van der Waals surface area contributed by atoms with E-state index >= 15 is 0 Å². The molecule has 0 bridgehead atoms. The van der Waals surface area contributed by atoms with E-state index < -0.39 is 53.1 Å². The molecule has 45 heavy (non-hydrogen) atoms. The van der Waals surface area contributed by atoms with Crippen LogP contribution in [0.5, 0.6) is 11.5 Å². The van der Waals surface area contributed by atoms with Gasteiger partial charge in [0.2, 0.25) is 17.6 Å². The molecule has 2 aliphatic heterocycles. The van der Waals surface area contributed by atoms with Crippen LogP contribution in [0.1, 0.15) is 71.8 Å². The lowest BCUT2D eigenvalue weighted by atomic mass is 10.0. The van der Waals surface area contributed by atoms with Crippen LogP contribution < -0.4 is 10.6 Å². The molecule has 242 valence electrons. The van der Waals surface area contributed by atoms with Gasteiger partial charge >= 0.3 is 12.1 Å². The van der Waals surface area contributed by atoms with Crippen molar-refractivity contribution in [2.24, 2.45) is 5.92 Å². The Morgan fingerprint density at radius 1 is 1.11 bits per heavy atom. The molecule has 2 fully saturated rings. The van der Waals surface area contributed by atoms with Crippen LogP contribution in [0, 0.1) is 5.92 Å². The molecule has 1 aromatic heterocycles. The number of carboxylic acids is 1. The zero-order chi connectivity index (χ0) is 32.5. The Morgan fingerprint density at radius 3 is 2.53 bits per heavy atom. The van der Waals surface area contributed by atoms with Crippen LogP contribution in [0.25, 0.3) is 11.4 Å². The predicted octanol–water partition coefficient (Wildman–Crippen LogP) is 2.27. The van der Waals surface area contributed by atoms with E-state index in [2.05, 4.69) is 26.0 Å². The fraction of sp³-hybridized carbons (Fsp3) is 0.567. The van der Waals surface area contributed by atoms with E-state index in [4.69, 9.17) is 4.74 Å². The second-order valence-corrected chi connectivity index (χ2v) is 12.9. The van der Waals surface area contributed by atoms with Crippen molar-refractivity contribution in [2.75, 3.05) is 6.54 Å². The molecule has 1 aromatic carbocycles. The lowest BCUT2D eigenvalue weighted by molar-refractivity contribution is -0.145. The Kier molecular flexibility index (Phi) is 8.72. The van der Waals surface area contributed by atoms with Gasteiger partial charge in [0.1, 0.15) is 34.7 Å². The number of aromatic hydroxyl groups is 2. The molecular weight excluding hydrogens is 586 g/mol. The zero-order valence-electron chi connectivity index (χ0n) is 25.5. The standard InChI is InChI=1S/C30H39N7O8/c1-29(2,3)45-28(44)31-22-10-8-6-4-5-7-9-18-15-30(18,27(42)43)32-25(40)23-13-19(16-36(23)26(22)41)37-34-24(33-35-37)17-11-20(38)14-21(39)12-17/h7,9,11-12,14,18-19,22-23,38-39H,4-6,8,10,13,15-16H2,1-3H3,(H,31,44)(H,32,40)(H,42,43)/b9-7-/t18?,19-,22?,23?,30?/m1/s1. The average molecular weight is 626 g/mol. The molecular formula is C30H39N7O8. The number of benzene rings is 1. The normalized spacial score (nSPS) is 28.1. The number of hydrogen-bond acceptors (Lipinski definition) is 10. The number of carboxylic acid groups (broad SMARTS) is 1. The van der Waals surface area contributed by atoms with Gasteiger partial charge in [-0.25, -0.2) is 9.59 Å². The van der Waals surface area contributed by atoms with Crippen molar-refractivity contribution < 1.29 is 39.2 Å². The highest BCUT2D eigenvalue weighted by Crippen LogP contribution is 2.45. The van der Waals surface area contributed by atoms with E-state index in [1.807, 2.05) is 12.2 Å². The first kappa shape index (κ1) is 31.7. The third-order valence-corrected chi connectivity index (χ3v) is 8.24. The molecule has 15 nitrogen and oxygen atoms in total. The van der Waals surface area contributed by atoms with Crippen molar-refractivity contribution in [1.82, 2.24) is 35.7 Å². The number of hydrogen-bond donors (Lipinski definition) is 5. The number of carbonyl (C=O) groups is 4. The number of aromatic nitrogens is 4. The second kappa shape index (κ2) is 12.4. The largest absolute Gasteiger partial charge is 0.508 e. The molecule has 15 heteroatoms.